The normalized spacial score (nSPS) is 16.2. The van der Waals surface area contributed by atoms with Gasteiger partial charge in [0, 0.05) is 31.4 Å². The van der Waals surface area contributed by atoms with E-state index >= 15 is 0 Å². The first-order valence-corrected chi connectivity index (χ1v) is 3.46. The molecule has 2 N–H and O–H groups in total. The fourth-order valence-corrected chi connectivity index (χ4v) is 1.04. The van der Waals surface area contributed by atoms with E-state index in [1.807, 2.05) is 6.07 Å². The van der Waals surface area contributed by atoms with E-state index in [9.17, 15) is 4.79 Å². The number of allylic oxidation sites excluding steroid dienone is 1. The van der Waals surface area contributed by atoms with Gasteiger partial charge in [0.2, 0.25) is 5.91 Å². The number of rotatable bonds is 1. The van der Waals surface area contributed by atoms with E-state index in [0.717, 1.165) is 0 Å². The summed E-state index contributed by atoms with van der Waals surface area (Å²) in [5.41, 5.74) is 6.09. The van der Waals surface area contributed by atoms with E-state index in [4.69, 9.17) is 11.0 Å². The van der Waals surface area contributed by atoms with Gasteiger partial charge in [-0.2, -0.15) is 5.26 Å². The van der Waals surface area contributed by atoms with E-state index < -0.39 is 5.91 Å². The highest BCUT2D eigenvalue weighted by Crippen LogP contribution is 2.16. The van der Waals surface area contributed by atoms with Gasteiger partial charge in [0.25, 0.3) is 0 Å². The van der Waals surface area contributed by atoms with Crippen molar-refractivity contribution >= 4 is 5.91 Å². The van der Waals surface area contributed by atoms with Crippen LogP contribution >= 0.6 is 0 Å². The molecule has 0 spiro atoms. The molecular formula is C8H9N3O. The molecule has 0 bridgehead atoms. The van der Waals surface area contributed by atoms with E-state index in [2.05, 4.69) is 0 Å². The highest BCUT2D eigenvalue weighted by Gasteiger charge is 2.13. The van der Waals surface area contributed by atoms with Crippen LogP contribution in [0.1, 0.15) is 6.42 Å². The van der Waals surface area contributed by atoms with Gasteiger partial charge in [-0.25, -0.2) is 0 Å². The number of carbonyl (C=O) groups is 1. The van der Waals surface area contributed by atoms with Gasteiger partial charge in [-0.05, 0) is 0 Å². The first-order chi connectivity index (χ1) is 5.63. The molecule has 1 amide bonds. The van der Waals surface area contributed by atoms with Gasteiger partial charge < -0.3 is 10.6 Å². The Bertz CT molecular complexity index is 309. The van der Waals surface area contributed by atoms with Crippen LogP contribution in [0.2, 0.25) is 0 Å². The number of hydrogen-bond donors (Lipinski definition) is 1. The maximum Gasteiger partial charge on any atom is 0.246 e. The van der Waals surface area contributed by atoms with Crippen molar-refractivity contribution in [3.05, 3.63) is 23.5 Å². The fraction of sp³-hybridized carbons (Fsp3) is 0.250. The Kier molecular flexibility index (Phi) is 2.15. The maximum absolute atomic E-state index is 10.8. The monoisotopic (exact) mass is 163 g/mol. The standard InChI is InChI=1S/C8H9N3O/c1-11-4-6(3-9)2-7(5-11)8(10)12/h4-5H,2H2,1H3,(H2,10,12). The summed E-state index contributed by atoms with van der Waals surface area (Å²) in [4.78, 5) is 12.4. The molecule has 0 fully saturated rings. The van der Waals surface area contributed by atoms with Crippen molar-refractivity contribution < 1.29 is 4.79 Å². The number of hydrogen-bond acceptors (Lipinski definition) is 3. The molecular weight excluding hydrogens is 154 g/mol. The molecule has 0 saturated heterocycles. The summed E-state index contributed by atoms with van der Waals surface area (Å²) in [6.07, 6.45) is 3.64. The average molecular weight is 163 g/mol. The van der Waals surface area contributed by atoms with Gasteiger partial charge in [-0.3, -0.25) is 4.79 Å². The minimum Gasteiger partial charge on any atom is -0.366 e. The molecule has 1 aliphatic rings. The molecule has 1 heterocycles. The molecule has 0 aromatic rings. The Morgan fingerprint density at radius 1 is 1.75 bits per heavy atom. The summed E-state index contributed by atoms with van der Waals surface area (Å²) in [5.74, 6) is -0.470. The highest BCUT2D eigenvalue weighted by atomic mass is 16.1. The Balaban J connectivity index is 2.86. The van der Waals surface area contributed by atoms with Crippen molar-refractivity contribution in [2.45, 2.75) is 6.42 Å². The predicted octanol–water partition coefficient (Wildman–Crippen LogP) is 0.0986. The number of primary amides is 1. The van der Waals surface area contributed by atoms with Crippen LogP contribution in [0.3, 0.4) is 0 Å². The summed E-state index contributed by atoms with van der Waals surface area (Å²) in [7, 11) is 1.75. The molecule has 12 heavy (non-hydrogen) atoms. The molecule has 0 unspecified atom stereocenters. The van der Waals surface area contributed by atoms with Crippen molar-refractivity contribution in [1.82, 2.24) is 4.90 Å². The minimum atomic E-state index is -0.470. The lowest BCUT2D eigenvalue weighted by molar-refractivity contribution is -0.114. The number of nitrogens with zero attached hydrogens (tertiary/aromatic N) is 2. The van der Waals surface area contributed by atoms with Crippen LogP contribution in [0.25, 0.3) is 0 Å². The van der Waals surface area contributed by atoms with Crippen molar-refractivity contribution in [3.63, 3.8) is 0 Å². The van der Waals surface area contributed by atoms with Crippen molar-refractivity contribution in [1.29, 1.82) is 5.26 Å². The number of carbonyl (C=O) groups excluding carboxylic acids is 1. The van der Waals surface area contributed by atoms with E-state index in [0.29, 0.717) is 17.6 Å². The smallest absolute Gasteiger partial charge is 0.246 e. The van der Waals surface area contributed by atoms with Crippen LogP contribution in [-0.4, -0.2) is 17.9 Å². The fourth-order valence-electron chi connectivity index (χ4n) is 1.04. The number of amides is 1. The first kappa shape index (κ1) is 8.34. The van der Waals surface area contributed by atoms with Crippen LogP contribution < -0.4 is 5.73 Å². The summed E-state index contributed by atoms with van der Waals surface area (Å²) < 4.78 is 0. The Morgan fingerprint density at radius 3 is 2.92 bits per heavy atom. The zero-order valence-electron chi connectivity index (χ0n) is 6.74. The zero-order valence-corrected chi connectivity index (χ0v) is 6.74. The summed E-state index contributed by atoms with van der Waals surface area (Å²) in [6, 6.07) is 1.99. The van der Waals surface area contributed by atoms with Gasteiger partial charge in [0.05, 0.1) is 11.6 Å². The molecule has 62 valence electrons. The molecule has 0 aromatic carbocycles. The SMILES string of the molecule is CN1C=C(C#N)CC(C(N)=O)=C1. The van der Waals surface area contributed by atoms with E-state index in [1.165, 1.54) is 0 Å². The van der Waals surface area contributed by atoms with Crippen molar-refractivity contribution in [2.24, 2.45) is 5.73 Å². The van der Waals surface area contributed by atoms with Gasteiger partial charge in [0.1, 0.15) is 0 Å². The Labute approximate surface area is 70.6 Å². The van der Waals surface area contributed by atoms with Crippen LogP contribution in [0, 0.1) is 11.3 Å². The summed E-state index contributed by atoms with van der Waals surface area (Å²) in [6.45, 7) is 0. The number of nitriles is 1. The molecule has 0 aliphatic carbocycles. The molecule has 0 radical (unpaired) electrons. The first-order valence-electron chi connectivity index (χ1n) is 3.46. The highest BCUT2D eigenvalue weighted by molar-refractivity contribution is 5.92. The van der Waals surface area contributed by atoms with Crippen molar-refractivity contribution in [2.75, 3.05) is 7.05 Å². The predicted molar refractivity (Wildman–Crippen MR) is 43.4 cm³/mol. The maximum atomic E-state index is 10.8. The lowest BCUT2D eigenvalue weighted by Gasteiger charge is -2.16. The molecule has 4 heteroatoms. The van der Waals surface area contributed by atoms with Gasteiger partial charge in [-0.15, -0.1) is 0 Å². The van der Waals surface area contributed by atoms with Gasteiger partial charge in [-0.1, -0.05) is 0 Å². The average Bonchev–Trinajstić information content (AvgIpc) is 2.03. The van der Waals surface area contributed by atoms with Gasteiger partial charge in [0.15, 0.2) is 0 Å². The molecule has 0 atom stereocenters. The molecule has 4 nitrogen and oxygen atoms in total. The van der Waals surface area contributed by atoms with E-state index in [-0.39, 0.29) is 0 Å². The molecule has 1 rings (SSSR count). The molecule has 0 saturated carbocycles. The van der Waals surface area contributed by atoms with Crippen LogP contribution in [0.15, 0.2) is 23.5 Å². The lowest BCUT2D eigenvalue weighted by Crippen LogP contribution is -2.20. The third-order valence-corrected chi connectivity index (χ3v) is 1.56. The number of nitrogens with two attached hydrogens (primary N) is 1. The second kappa shape index (κ2) is 3.09. The second-order valence-corrected chi connectivity index (χ2v) is 2.63. The largest absolute Gasteiger partial charge is 0.366 e. The third kappa shape index (κ3) is 1.64. The van der Waals surface area contributed by atoms with Crippen molar-refractivity contribution in [3.8, 4) is 6.07 Å². The quantitative estimate of drug-likeness (QED) is 0.596. The summed E-state index contributed by atoms with van der Waals surface area (Å²) >= 11 is 0. The third-order valence-electron chi connectivity index (χ3n) is 1.56. The van der Waals surface area contributed by atoms with Crippen LogP contribution in [0.4, 0.5) is 0 Å². The molecule has 1 aliphatic heterocycles. The minimum absolute atomic E-state index is 0.343. The van der Waals surface area contributed by atoms with E-state index in [1.54, 1.807) is 24.3 Å². The zero-order chi connectivity index (χ0) is 9.14. The summed E-state index contributed by atoms with van der Waals surface area (Å²) in [5, 5.41) is 8.58. The Morgan fingerprint density at radius 2 is 2.42 bits per heavy atom. The van der Waals surface area contributed by atoms with Crippen LogP contribution in [-0.2, 0) is 4.79 Å². The topological polar surface area (TPSA) is 70.1 Å². The van der Waals surface area contributed by atoms with Crippen LogP contribution in [0.5, 0.6) is 0 Å². The second-order valence-electron chi connectivity index (χ2n) is 2.63. The lowest BCUT2D eigenvalue weighted by atomic mass is 10.1. The van der Waals surface area contributed by atoms with Gasteiger partial charge >= 0.3 is 0 Å². The molecule has 0 aromatic heterocycles. The Hall–Kier alpha value is -1.76.